The number of thiophene rings is 1. The first-order valence-corrected chi connectivity index (χ1v) is 8.99. The summed E-state index contributed by atoms with van der Waals surface area (Å²) in [5.41, 5.74) is 0. The van der Waals surface area contributed by atoms with Crippen molar-refractivity contribution in [2.45, 2.75) is 37.2 Å². The van der Waals surface area contributed by atoms with Crippen molar-refractivity contribution in [3.05, 3.63) is 15.8 Å². The summed E-state index contributed by atoms with van der Waals surface area (Å²) in [7, 11) is -2.18. The SMILES string of the molecule is Cc1sc(C(=O)O)cc1S(=O)(=O)N(C)CC1CCCCO1. The Morgan fingerprint density at radius 1 is 1.52 bits per heavy atom. The second-order valence-electron chi connectivity index (χ2n) is 5.11. The average molecular weight is 333 g/mol. The molecule has 1 aromatic heterocycles. The second-order valence-corrected chi connectivity index (χ2v) is 8.38. The molecule has 1 aliphatic rings. The Morgan fingerprint density at radius 2 is 2.24 bits per heavy atom. The molecule has 0 radical (unpaired) electrons. The van der Waals surface area contributed by atoms with Crippen molar-refractivity contribution in [2.75, 3.05) is 20.2 Å². The van der Waals surface area contributed by atoms with Gasteiger partial charge in [0.15, 0.2) is 0 Å². The minimum Gasteiger partial charge on any atom is -0.477 e. The molecule has 1 N–H and O–H groups in total. The Hall–Kier alpha value is -0.960. The van der Waals surface area contributed by atoms with E-state index in [1.807, 2.05) is 0 Å². The van der Waals surface area contributed by atoms with Gasteiger partial charge in [-0.3, -0.25) is 0 Å². The third-order valence-electron chi connectivity index (χ3n) is 3.51. The molecule has 21 heavy (non-hydrogen) atoms. The number of nitrogens with zero attached hydrogens (tertiary/aromatic N) is 1. The number of sulfonamides is 1. The van der Waals surface area contributed by atoms with Gasteiger partial charge in [0, 0.05) is 25.1 Å². The van der Waals surface area contributed by atoms with Crippen LogP contribution in [0.3, 0.4) is 0 Å². The van der Waals surface area contributed by atoms with E-state index < -0.39 is 16.0 Å². The van der Waals surface area contributed by atoms with Gasteiger partial charge in [-0.2, -0.15) is 4.31 Å². The van der Waals surface area contributed by atoms with Crippen LogP contribution in [-0.4, -0.2) is 50.1 Å². The van der Waals surface area contributed by atoms with Crippen molar-refractivity contribution in [3.63, 3.8) is 0 Å². The summed E-state index contributed by atoms with van der Waals surface area (Å²) in [5.74, 6) is -1.11. The predicted octanol–water partition coefficient (Wildman–Crippen LogP) is 1.94. The standard InChI is InChI=1S/C13H19NO5S2/c1-9-12(7-11(20-9)13(15)16)21(17,18)14(2)8-10-5-3-4-6-19-10/h7,10H,3-6,8H2,1-2H3,(H,15,16). The van der Waals surface area contributed by atoms with E-state index in [9.17, 15) is 13.2 Å². The van der Waals surface area contributed by atoms with Gasteiger partial charge < -0.3 is 9.84 Å². The molecular weight excluding hydrogens is 314 g/mol. The first-order valence-electron chi connectivity index (χ1n) is 6.74. The Labute approximate surface area is 128 Å². The number of aromatic carboxylic acids is 1. The number of likely N-dealkylation sites (N-methyl/N-ethyl adjacent to an activating group) is 1. The van der Waals surface area contributed by atoms with Crippen LogP contribution in [0.1, 0.15) is 33.8 Å². The van der Waals surface area contributed by atoms with E-state index in [0.717, 1.165) is 30.6 Å². The van der Waals surface area contributed by atoms with Gasteiger partial charge in [0.05, 0.1) is 11.0 Å². The minimum absolute atomic E-state index is 0.0355. The monoisotopic (exact) mass is 333 g/mol. The normalized spacial score (nSPS) is 19.9. The van der Waals surface area contributed by atoms with Gasteiger partial charge in [-0.1, -0.05) is 0 Å². The van der Waals surface area contributed by atoms with Crippen molar-refractivity contribution in [1.82, 2.24) is 4.31 Å². The molecule has 118 valence electrons. The zero-order valence-corrected chi connectivity index (χ0v) is 13.7. The largest absolute Gasteiger partial charge is 0.477 e. The highest BCUT2D eigenvalue weighted by Gasteiger charge is 2.28. The summed E-state index contributed by atoms with van der Waals surface area (Å²) >= 11 is 0.976. The number of ether oxygens (including phenoxy) is 1. The van der Waals surface area contributed by atoms with E-state index in [-0.39, 0.29) is 15.9 Å². The summed E-state index contributed by atoms with van der Waals surface area (Å²) in [5, 5.41) is 8.97. The van der Waals surface area contributed by atoms with Gasteiger partial charge >= 0.3 is 5.97 Å². The number of carboxylic acids is 1. The first-order chi connectivity index (χ1) is 9.82. The van der Waals surface area contributed by atoms with Gasteiger partial charge in [-0.15, -0.1) is 11.3 Å². The minimum atomic E-state index is -3.68. The Kier molecular flexibility index (Phi) is 5.03. The van der Waals surface area contributed by atoms with Crippen molar-refractivity contribution in [2.24, 2.45) is 0 Å². The van der Waals surface area contributed by atoms with Crippen LogP contribution in [-0.2, 0) is 14.8 Å². The maximum atomic E-state index is 12.5. The smallest absolute Gasteiger partial charge is 0.345 e. The molecule has 1 fully saturated rings. The average Bonchev–Trinajstić information content (AvgIpc) is 2.83. The highest BCUT2D eigenvalue weighted by molar-refractivity contribution is 7.89. The molecule has 0 aliphatic carbocycles. The molecule has 1 aromatic rings. The van der Waals surface area contributed by atoms with Crippen LogP contribution in [0.4, 0.5) is 0 Å². The number of carboxylic acid groups (broad SMARTS) is 1. The van der Waals surface area contributed by atoms with E-state index in [1.54, 1.807) is 6.92 Å². The lowest BCUT2D eigenvalue weighted by molar-refractivity contribution is 0.00858. The number of aryl methyl sites for hydroxylation is 1. The highest BCUT2D eigenvalue weighted by Crippen LogP contribution is 2.28. The van der Waals surface area contributed by atoms with Gasteiger partial charge in [0.2, 0.25) is 10.0 Å². The number of hydrogen-bond donors (Lipinski definition) is 1. The molecule has 0 saturated carbocycles. The molecule has 0 amide bonds. The summed E-state index contributed by atoms with van der Waals surface area (Å²) in [4.78, 5) is 11.6. The molecule has 0 spiro atoms. The molecule has 8 heteroatoms. The Balaban J connectivity index is 2.18. The van der Waals surface area contributed by atoms with Crippen LogP contribution in [0.5, 0.6) is 0 Å². The van der Waals surface area contributed by atoms with Crippen molar-refractivity contribution in [1.29, 1.82) is 0 Å². The molecule has 1 aliphatic heterocycles. The zero-order valence-electron chi connectivity index (χ0n) is 12.0. The van der Waals surface area contributed by atoms with Crippen LogP contribution in [0.15, 0.2) is 11.0 Å². The van der Waals surface area contributed by atoms with Gasteiger partial charge in [-0.05, 0) is 32.3 Å². The third kappa shape index (κ3) is 3.63. The van der Waals surface area contributed by atoms with E-state index >= 15 is 0 Å². The van der Waals surface area contributed by atoms with Gasteiger partial charge in [0.25, 0.3) is 0 Å². The van der Waals surface area contributed by atoms with Crippen molar-refractivity contribution >= 4 is 27.3 Å². The van der Waals surface area contributed by atoms with Crippen molar-refractivity contribution in [3.8, 4) is 0 Å². The molecule has 1 atom stereocenters. The number of rotatable bonds is 5. The van der Waals surface area contributed by atoms with Crippen LogP contribution in [0.2, 0.25) is 0 Å². The third-order valence-corrected chi connectivity index (χ3v) is 6.62. The van der Waals surface area contributed by atoms with Crippen LogP contribution >= 0.6 is 11.3 Å². The lowest BCUT2D eigenvalue weighted by Gasteiger charge is -2.27. The van der Waals surface area contributed by atoms with Crippen LogP contribution in [0.25, 0.3) is 0 Å². The topological polar surface area (TPSA) is 83.9 Å². The fourth-order valence-corrected chi connectivity index (χ4v) is 4.93. The maximum Gasteiger partial charge on any atom is 0.345 e. The Morgan fingerprint density at radius 3 is 2.76 bits per heavy atom. The second kappa shape index (κ2) is 6.43. The lowest BCUT2D eigenvalue weighted by atomic mass is 10.1. The summed E-state index contributed by atoms with van der Waals surface area (Å²) in [6.07, 6.45) is 2.82. The van der Waals surface area contributed by atoms with Crippen LogP contribution in [0, 0.1) is 6.92 Å². The number of carbonyl (C=O) groups is 1. The molecule has 1 unspecified atom stereocenters. The van der Waals surface area contributed by atoms with E-state index in [0.29, 0.717) is 18.0 Å². The lowest BCUT2D eigenvalue weighted by Crippen LogP contribution is -2.37. The maximum absolute atomic E-state index is 12.5. The molecule has 1 saturated heterocycles. The molecular formula is C13H19NO5S2. The molecule has 2 heterocycles. The quantitative estimate of drug-likeness (QED) is 0.890. The van der Waals surface area contributed by atoms with Crippen molar-refractivity contribution < 1.29 is 23.1 Å². The van der Waals surface area contributed by atoms with Crippen LogP contribution < -0.4 is 0 Å². The van der Waals surface area contributed by atoms with Gasteiger partial charge in [-0.25, -0.2) is 13.2 Å². The summed E-state index contributed by atoms with van der Waals surface area (Å²) in [6, 6.07) is 1.23. The molecule has 0 aromatic carbocycles. The van der Waals surface area contributed by atoms with E-state index in [1.165, 1.54) is 17.4 Å². The highest BCUT2D eigenvalue weighted by atomic mass is 32.2. The Bertz CT molecular complexity index is 617. The summed E-state index contributed by atoms with van der Waals surface area (Å²) in [6.45, 7) is 2.58. The number of hydrogen-bond acceptors (Lipinski definition) is 5. The molecule has 6 nitrogen and oxygen atoms in total. The molecule has 0 bridgehead atoms. The predicted molar refractivity (Wildman–Crippen MR) is 79.4 cm³/mol. The fraction of sp³-hybridized carbons (Fsp3) is 0.615. The van der Waals surface area contributed by atoms with E-state index in [4.69, 9.17) is 9.84 Å². The first kappa shape index (κ1) is 16.4. The van der Waals surface area contributed by atoms with E-state index in [2.05, 4.69) is 0 Å². The fourth-order valence-electron chi connectivity index (χ4n) is 2.33. The summed E-state index contributed by atoms with van der Waals surface area (Å²) < 4.78 is 31.9. The molecule has 2 rings (SSSR count). The van der Waals surface area contributed by atoms with Gasteiger partial charge in [0.1, 0.15) is 4.88 Å². The zero-order chi connectivity index (χ0) is 15.6.